The van der Waals surface area contributed by atoms with Crippen molar-refractivity contribution in [2.75, 3.05) is 0 Å². The van der Waals surface area contributed by atoms with Crippen molar-refractivity contribution in [3.63, 3.8) is 0 Å². The lowest BCUT2D eigenvalue weighted by molar-refractivity contribution is -0.155. The van der Waals surface area contributed by atoms with Gasteiger partial charge in [0.15, 0.2) is 5.92 Å². The van der Waals surface area contributed by atoms with Crippen molar-refractivity contribution in [3.8, 4) is 12.1 Å². The third kappa shape index (κ3) is 3.67. The van der Waals surface area contributed by atoms with E-state index in [1.54, 1.807) is 39.0 Å². The number of carbonyl (C=O) groups excluding carboxylic acids is 1. The van der Waals surface area contributed by atoms with Gasteiger partial charge in [-0.05, 0) is 32.9 Å². The van der Waals surface area contributed by atoms with Gasteiger partial charge in [-0.2, -0.15) is 10.5 Å². The second-order valence-electron chi connectivity index (χ2n) is 5.95. The Bertz CT molecular complexity index is 857. The van der Waals surface area contributed by atoms with Crippen LogP contribution in [-0.2, 0) is 9.53 Å². The van der Waals surface area contributed by atoms with Gasteiger partial charge in [0.1, 0.15) is 11.7 Å². The maximum atomic E-state index is 12.4. The Kier molecular flexibility index (Phi) is 4.68. The highest BCUT2D eigenvalue weighted by molar-refractivity contribution is 9.10. The van der Waals surface area contributed by atoms with Gasteiger partial charge in [-0.15, -0.1) is 0 Å². The van der Waals surface area contributed by atoms with E-state index in [2.05, 4.69) is 20.9 Å². The predicted molar refractivity (Wildman–Crippen MR) is 88.4 cm³/mol. The monoisotopic (exact) mass is 371 g/mol. The van der Waals surface area contributed by atoms with Crippen LogP contribution in [0.15, 0.2) is 28.9 Å². The molecule has 116 valence electrons. The van der Waals surface area contributed by atoms with Gasteiger partial charge in [0.25, 0.3) is 0 Å². The van der Waals surface area contributed by atoms with Gasteiger partial charge in [-0.3, -0.25) is 9.78 Å². The van der Waals surface area contributed by atoms with Crippen LogP contribution in [-0.4, -0.2) is 16.6 Å². The fraction of sp³-hybridized carbons (Fsp3) is 0.294. The van der Waals surface area contributed by atoms with Crippen molar-refractivity contribution in [1.82, 2.24) is 4.98 Å². The van der Waals surface area contributed by atoms with E-state index in [9.17, 15) is 15.3 Å². The van der Waals surface area contributed by atoms with Crippen molar-refractivity contribution in [2.24, 2.45) is 0 Å². The molecule has 1 aromatic heterocycles. The molecule has 0 aliphatic rings. The molecule has 1 aromatic carbocycles. The summed E-state index contributed by atoms with van der Waals surface area (Å²) in [6.07, 6.45) is 1.37. The zero-order valence-corrected chi connectivity index (χ0v) is 14.5. The molecule has 0 N–H and O–H groups in total. The molecule has 0 spiro atoms. The van der Waals surface area contributed by atoms with Crippen LogP contribution in [0.3, 0.4) is 0 Å². The molecule has 0 radical (unpaired) electrons. The van der Waals surface area contributed by atoms with Crippen molar-refractivity contribution in [2.45, 2.75) is 32.3 Å². The van der Waals surface area contributed by atoms with E-state index in [0.29, 0.717) is 16.5 Å². The summed E-state index contributed by atoms with van der Waals surface area (Å²) in [5.41, 5.74) is 0.404. The zero-order valence-electron chi connectivity index (χ0n) is 12.9. The number of aromatic nitrogens is 1. The van der Waals surface area contributed by atoms with E-state index in [-0.39, 0.29) is 5.56 Å². The molecule has 0 saturated heterocycles. The number of esters is 1. The lowest BCUT2D eigenvalue weighted by atomic mass is 9.92. The van der Waals surface area contributed by atoms with E-state index >= 15 is 0 Å². The number of nitrogens with zero attached hydrogens (tertiary/aromatic N) is 3. The predicted octanol–water partition coefficient (Wildman–Crippen LogP) is 3.82. The number of pyridine rings is 1. The summed E-state index contributed by atoms with van der Waals surface area (Å²) in [7, 11) is 0. The normalized spacial score (nSPS) is 12.3. The first-order valence-corrected chi connectivity index (χ1v) is 7.67. The highest BCUT2D eigenvalue weighted by Crippen LogP contribution is 2.31. The third-order valence-corrected chi connectivity index (χ3v) is 3.55. The Labute approximate surface area is 142 Å². The first kappa shape index (κ1) is 16.9. The number of carbonyl (C=O) groups is 1. The molecule has 2 aromatic rings. The Morgan fingerprint density at radius 2 is 2.04 bits per heavy atom. The van der Waals surface area contributed by atoms with Crippen LogP contribution in [0.25, 0.3) is 10.9 Å². The quantitative estimate of drug-likeness (QED) is 0.748. The summed E-state index contributed by atoms with van der Waals surface area (Å²) < 4.78 is 6.14. The summed E-state index contributed by atoms with van der Waals surface area (Å²) >= 11 is 3.35. The first-order valence-electron chi connectivity index (χ1n) is 6.87. The summed E-state index contributed by atoms with van der Waals surface area (Å²) in [5, 5.41) is 19.4. The van der Waals surface area contributed by atoms with Crippen LogP contribution < -0.4 is 0 Å². The molecule has 0 aliphatic heterocycles. The highest BCUT2D eigenvalue weighted by Gasteiger charge is 2.30. The molecule has 6 heteroatoms. The largest absolute Gasteiger partial charge is 0.459 e. The molecule has 1 heterocycles. The molecule has 1 unspecified atom stereocenters. The number of rotatable bonds is 2. The first-order chi connectivity index (χ1) is 10.8. The topological polar surface area (TPSA) is 86.8 Å². The number of hydrogen-bond donors (Lipinski definition) is 0. The Morgan fingerprint density at radius 3 is 2.61 bits per heavy atom. The Morgan fingerprint density at radius 1 is 1.35 bits per heavy atom. The number of fused-ring (bicyclic) bond motifs is 1. The fourth-order valence-corrected chi connectivity index (χ4v) is 2.53. The number of benzene rings is 1. The smallest absolute Gasteiger partial charge is 0.328 e. The standard InChI is InChI=1S/C17H14BrN3O2/c1-17(2,3)23-16(22)13(8-20)15-10(7-19)9-21-14-6-11(18)4-5-12(14)15/h4-6,9,13H,1-3H3. The van der Waals surface area contributed by atoms with Gasteiger partial charge in [-0.1, -0.05) is 22.0 Å². The van der Waals surface area contributed by atoms with Crippen LogP contribution in [0.5, 0.6) is 0 Å². The molecule has 0 saturated carbocycles. The minimum Gasteiger partial charge on any atom is -0.459 e. The van der Waals surface area contributed by atoms with E-state index in [4.69, 9.17) is 4.74 Å². The average molecular weight is 372 g/mol. The van der Waals surface area contributed by atoms with Crippen molar-refractivity contribution < 1.29 is 9.53 Å². The van der Waals surface area contributed by atoms with E-state index in [1.807, 2.05) is 12.1 Å². The van der Waals surface area contributed by atoms with E-state index in [1.165, 1.54) is 6.20 Å². The minimum atomic E-state index is -1.18. The maximum absolute atomic E-state index is 12.4. The number of halogens is 1. The fourth-order valence-electron chi connectivity index (χ4n) is 2.18. The third-order valence-electron chi connectivity index (χ3n) is 3.05. The van der Waals surface area contributed by atoms with Crippen LogP contribution in [0.4, 0.5) is 0 Å². The van der Waals surface area contributed by atoms with Crippen LogP contribution in [0.2, 0.25) is 0 Å². The van der Waals surface area contributed by atoms with E-state index < -0.39 is 17.5 Å². The van der Waals surface area contributed by atoms with Crippen molar-refractivity contribution in [3.05, 3.63) is 40.0 Å². The molecular formula is C17H14BrN3O2. The van der Waals surface area contributed by atoms with Gasteiger partial charge in [0.2, 0.25) is 0 Å². The maximum Gasteiger partial charge on any atom is 0.328 e. The Balaban J connectivity index is 2.66. The average Bonchev–Trinajstić information content (AvgIpc) is 2.46. The number of hydrogen-bond acceptors (Lipinski definition) is 5. The van der Waals surface area contributed by atoms with Crippen LogP contribution in [0, 0.1) is 22.7 Å². The van der Waals surface area contributed by atoms with Gasteiger partial charge >= 0.3 is 5.97 Å². The lowest BCUT2D eigenvalue weighted by Gasteiger charge is -2.22. The minimum absolute atomic E-state index is 0.192. The molecule has 0 amide bonds. The molecule has 0 fully saturated rings. The van der Waals surface area contributed by atoms with Crippen molar-refractivity contribution >= 4 is 32.8 Å². The molecule has 0 bridgehead atoms. The zero-order chi connectivity index (χ0) is 17.2. The lowest BCUT2D eigenvalue weighted by Crippen LogP contribution is -2.27. The molecular weight excluding hydrogens is 358 g/mol. The van der Waals surface area contributed by atoms with Crippen LogP contribution in [0.1, 0.15) is 37.8 Å². The molecule has 2 rings (SSSR count). The second kappa shape index (κ2) is 6.36. The SMILES string of the molecule is CC(C)(C)OC(=O)C(C#N)c1c(C#N)cnc2cc(Br)ccc12. The van der Waals surface area contributed by atoms with Gasteiger partial charge in [0.05, 0.1) is 17.1 Å². The van der Waals surface area contributed by atoms with Gasteiger partial charge in [-0.25, -0.2) is 0 Å². The van der Waals surface area contributed by atoms with Crippen LogP contribution >= 0.6 is 15.9 Å². The van der Waals surface area contributed by atoms with Gasteiger partial charge in [0, 0.05) is 21.6 Å². The summed E-state index contributed by atoms with van der Waals surface area (Å²) in [5.74, 6) is -1.86. The second-order valence-corrected chi connectivity index (χ2v) is 6.87. The number of nitriles is 2. The molecule has 1 atom stereocenters. The Hall–Kier alpha value is -2.44. The molecule has 23 heavy (non-hydrogen) atoms. The summed E-state index contributed by atoms with van der Waals surface area (Å²) in [4.78, 5) is 16.6. The number of ether oxygens (including phenoxy) is 1. The highest BCUT2D eigenvalue weighted by atomic mass is 79.9. The van der Waals surface area contributed by atoms with E-state index in [0.717, 1.165) is 4.47 Å². The summed E-state index contributed by atoms with van der Waals surface area (Å²) in [6.45, 7) is 5.19. The molecule has 5 nitrogen and oxygen atoms in total. The van der Waals surface area contributed by atoms with Gasteiger partial charge < -0.3 is 4.74 Å². The molecule has 0 aliphatic carbocycles. The van der Waals surface area contributed by atoms with Crippen molar-refractivity contribution in [1.29, 1.82) is 10.5 Å². The summed E-state index contributed by atoms with van der Waals surface area (Å²) in [6, 6.07) is 9.24.